The molecule has 158 valence electrons. The summed E-state index contributed by atoms with van der Waals surface area (Å²) >= 11 is 12.2. The third-order valence-electron chi connectivity index (χ3n) is 5.58. The summed E-state index contributed by atoms with van der Waals surface area (Å²) in [6.07, 6.45) is 2.17. The van der Waals surface area contributed by atoms with Gasteiger partial charge in [0.1, 0.15) is 11.5 Å². The molecule has 2 aromatic rings. The van der Waals surface area contributed by atoms with Crippen LogP contribution in [0.4, 0.5) is 5.69 Å². The van der Waals surface area contributed by atoms with Crippen LogP contribution in [0.3, 0.4) is 0 Å². The Bertz CT molecular complexity index is 794. The monoisotopic (exact) mass is 436 g/mol. The van der Waals surface area contributed by atoms with Gasteiger partial charge in [-0.05, 0) is 57.0 Å². The van der Waals surface area contributed by atoms with Crippen molar-refractivity contribution in [1.29, 1.82) is 0 Å². The topological polar surface area (TPSA) is 24.9 Å². The highest BCUT2D eigenvalue weighted by molar-refractivity contribution is 6.35. The number of hydrogen-bond donors (Lipinski definition) is 0. The smallest absolute Gasteiger partial charge is 0.142 e. The summed E-state index contributed by atoms with van der Waals surface area (Å²) in [4.78, 5) is 4.98. The van der Waals surface area contributed by atoms with Crippen molar-refractivity contribution < 1.29 is 9.47 Å². The maximum Gasteiger partial charge on any atom is 0.142 e. The van der Waals surface area contributed by atoms with E-state index in [2.05, 4.69) is 35.8 Å². The van der Waals surface area contributed by atoms with E-state index in [0.29, 0.717) is 21.8 Å². The second-order valence-electron chi connectivity index (χ2n) is 7.62. The van der Waals surface area contributed by atoms with Gasteiger partial charge in [0.05, 0.1) is 23.9 Å². The first-order chi connectivity index (χ1) is 14.0. The molecule has 4 nitrogen and oxygen atoms in total. The van der Waals surface area contributed by atoms with Crippen LogP contribution in [0.25, 0.3) is 0 Å². The van der Waals surface area contributed by atoms with Gasteiger partial charge in [-0.3, -0.25) is 4.90 Å². The van der Waals surface area contributed by atoms with Crippen molar-refractivity contribution in [3.63, 3.8) is 0 Å². The number of rotatable bonds is 8. The molecule has 1 fully saturated rings. The number of methoxy groups -OCH3 is 1. The van der Waals surface area contributed by atoms with Gasteiger partial charge < -0.3 is 14.4 Å². The van der Waals surface area contributed by atoms with Crippen LogP contribution in [0.1, 0.15) is 26.7 Å². The largest absolute Gasteiger partial charge is 0.495 e. The van der Waals surface area contributed by atoms with Gasteiger partial charge >= 0.3 is 0 Å². The van der Waals surface area contributed by atoms with Gasteiger partial charge in [0.2, 0.25) is 0 Å². The van der Waals surface area contributed by atoms with E-state index in [9.17, 15) is 0 Å². The molecule has 6 heteroatoms. The molecule has 0 N–H and O–H groups in total. The Morgan fingerprint density at radius 1 is 0.931 bits per heavy atom. The third kappa shape index (κ3) is 5.94. The molecule has 1 aliphatic rings. The van der Waals surface area contributed by atoms with Crippen molar-refractivity contribution in [1.82, 2.24) is 4.90 Å². The van der Waals surface area contributed by atoms with E-state index in [0.717, 1.165) is 44.8 Å². The first kappa shape index (κ1) is 22.1. The molecular formula is C23H30Cl2N2O2. The molecule has 1 saturated heterocycles. The SMILES string of the molecule is COc1ccccc1N1CCN(C(C)CCC(C)Oc2ccc(Cl)cc2Cl)CC1. The zero-order valence-corrected chi connectivity index (χ0v) is 18.9. The Labute approximate surface area is 184 Å². The fourth-order valence-corrected chi connectivity index (χ4v) is 4.25. The normalized spacial score (nSPS) is 17.1. The molecule has 3 rings (SSSR count). The molecule has 0 radical (unpaired) electrons. The maximum atomic E-state index is 6.21. The van der Waals surface area contributed by atoms with E-state index in [4.69, 9.17) is 32.7 Å². The summed E-state index contributed by atoms with van der Waals surface area (Å²) in [6.45, 7) is 8.53. The van der Waals surface area contributed by atoms with Crippen molar-refractivity contribution >= 4 is 28.9 Å². The van der Waals surface area contributed by atoms with E-state index in [1.54, 1.807) is 19.2 Å². The van der Waals surface area contributed by atoms with Gasteiger partial charge in [0.25, 0.3) is 0 Å². The zero-order valence-electron chi connectivity index (χ0n) is 17.4. The van der Waals surface area contributed by atoms with E-state index >= 15 is 0 Å². The first-order valence-electron chi connectivity index (χ1n) is 10.2. The molecule has 2 aromatic carbocycles. The first-order valence-corrected chi connectivity index (χ1v) is 11.0. The summed E-state index contributed by atoms with van der Waals surface area (Å²) in [5, 5.41) is 1.18. The average molecular weight is 437 g/mol. The molecule has 0 amide bonds. The van der Waals surface area contributed by atoms with E-state index in [1.165, 1.54) is 5.69 Å². The predicted octanol–water partition coefficient (Wildman–Crippen LogP) is 5.76. The van der Waals surface area contributed by atoms with Crippen molar-refractivity contribution in [3.05, 3.63) is 52.5 Å². The number of para-hydroxylation sites is 2. The Balaban J connectivity index is 1.45. The molecule has 2 atom stereocenters. The third-order valence-corrected chi connectivity index (χ3v) is 6.11. The molecule has 2 unspecified atom stereocenters. The summed E-state index contributed by atoms with van der Waals surface area (Å²) in [5.41, 5.74) is 1.18. The molecule has 0 aromatic heterocycles. The van der Waals surface area contributed by atoms with Crippen LogP contribution in [-0.4, -0.2) is 50.3 Å². The lowest BCUT2D eigenvalue weighted by molar-refractivity contribution is 0.155. The van der Waals surface area contributed by atoms with Gasteiger partial charge in [-0.2, -0.15) is 0 Å². The highest BCUT2D eigenvalue weighted by Crippen LogP contribution is 2.30. The summed E-state index contributed by atoms with van der Waals surface area (Å²) < 4.78 is 11.5. The lowest BCUT2D eigenvalue weighted by Crippen LogP contribution is -2.49. The number of hydrogen-bond acceptors (Lipinski definition) is 4. The van der Waals surface area contributed by atoms with Crippen LogP contribution < -0.4 is 14.4 Å². The van der Waals surface area contributed by atoms with Crippen molar-refractivity contribution in [2.75, 3.05) is 38.2 Å². The van der Waals surface area contributed by atoms with Crippen LogP contribution in [-0.2, 0) is 0 Å². The van der Waals surface area contributed by atoms with Crippen LogP contribution in [0.15, 0.2) is 42.5 Å². The minimum Gasteiger partial charge on any atom is -0.495 e. The molecular weight excluding hydrogens is 407 g/mol. The Hall–Kier alpha value is -1.62. The Morgan fingerprint density at radius 2 is 1.66 bits per heavy atom. The average Bonchev–Trinajstić information content (AvgIpc) is 2.74. The standard InChI is InChI=1S/C23H30Cl2N2O2/c1-17(8-9-18(2)29-22-11-10-19(24)16-20(22)25)26-12-14-27(15-13-26)21-6-4-5-7-23(21)28-3/h4-7,10-11,16-18H,8-9,12-15H2,1-3H3. The highest BCUT2D eigenvalue weighted by atomic mass is 35.5. The van der Waals surface area contributed by atoms with Gasteiger partial charge in [-0.1, -0.05) is 35.3 Å². The highest BCUT2D eigenvalue weighted by Gasteiger charge is 2.23. The quantitative estimate of drug-likeness (QED) is 0.524. The summed E-state index contributed by atoms with van der Waals surface area (Å²) in [6, 6.07) is 14.1. The summed E-state index contributed by atoms with van der Waals surface area (Å²) in [7, 11) is 1.73. The number of halogens is 2. The van der Waals surface area contributed by atoms with E-state index in [-0.39, 0.29) is 6.10 Å². The second-order valence-corrected chi connectivity index (χ2v) is 8.47. The minimum absolute atomic E-state index is 0.103. The Kier molecular flexibility index (Phi) is 7.93. The number of nitrogens with zero attached hydrogens (tertiary/aromatic N) is 2. The second kappa shape index (κ2) is 10.4. The van der Waals surface area contributed by atoms with Gasteiger partial charge in [0.15, 0.2) is 0 Å². The molecule has 0 saturated carbocycles. The van der Waals surface area contributed by atoms with Crippen molar-refractivity contribution in [2.24, 2.45) is 0 Å². The molecule has 0 spiro atoms. The zero-order chi connectivity index (χ0) is 20.8. The van der Waals surface area contributed by atoms with Gasteiger partial charge in [-0.15, -0.1) is 0 Å². The number of anilines is 1. The number of piperazine rings is 1. The van der Waals surface area contributed by atoms with Crippen molar-refractivity contribution in [3.8, 4) is 11.5 Å². The molecule has 1 aliphatic heterocycles. The van der Waals surface area contributed by atoms with Crippen LogP contribution in [0, 0.1) is 0 Å². The van der Waals surface area contributed by atoms with E-state index < -0.39 is 0 Å². The van der Waals surface area contributed by atoms with Crippen LogP contribution >= 0.6 is 23.2 Å². The summed E-state index contributed by atoms with van der Waals surface area (Å²) in [5.74, 6) is 1.64. The van der Waals surface area contributed by atoms with E-state index in [1.807, 2.05) is 18.2 Å². The van der Waals surface area contributed by atoms with Crippen LogP contribution in [0.5, 0.6) is 11.5 Å². The Morgan fingerprint density at radius 3 is 2.34 bits per heavy atom. The lowest BCUT2D eigenvalue weighted by Gasteiger charge is -2.39. The molecule has 0 aliphatic carbocycles. The molecule has 29 heavy (non-hydrogen) atoms. The maximum absolute atomic E-state index is 6.21. The fourth-order valence-electron chi connectivity index (χ4n) is 3.80. The van der Waals surface area contributed by atoms with Crippen molar-refractivity contribution in [2.45, 2.75) is 38.8 Å². The lowest BCUT2D eigenvalue weighted by atomic mass is 10.1. The van der Waals surface area contributed by atoms with Gasteiger partial charge in [0, 0.05) is 37.2 Å². The molecule has 0 bridgehead atoms. The fraction of sp³-hybridized carbons (Fsp3) is 0.478. The van der Waals surface area contributed by atoms with Gasteiger partial charge in [-0.25, -0.2) is 0 Å². The van der Waals surface area contributed by atoms with Crippen LogP contribution in [0.2, 0.25) is 10.0 Å². The number of benzene rings is 2. The number of ether oxygens (including phenoxy) is 2. The predicted molar refractivity (Wildman–Crippen MR) is 122 cm³/mol. The minimum atomic E-state index is 0.103. The molecule has 1 heterocycles.